The maximum absolute atomic E-state index is 13.4. The molecule has 2 heterocycles. The summed E-state index contributed by atoms with van der Waals surface area (Å²) in [5, 5.41) is 1.26. The number of aromatic amines is 1. The number of amides is 1. The first kappa shape index (κ1) is 18.1. The molecule has 0 radical (unpaired) electrons. The highest BCUT2D eigenvalue weighted by Gasteiger charge is 2.34. The van der Waals surface area contributed by atoms with Crippen molar-refractivity contribution < 1.29 is 4.79 Å². The number of para-hydroxylation sites is 1. The lowest BCUT2D eigenvalue weighted by molar-refractivity contribution is 0.0692. The standard InChI is InChI=1S/C25H22N2OS/c1-29-19-13-11-17(12-14-19)24-23-21(20-9-5-6-10-22(20)26-23)15-16-27(24)25(28)18-7-3-2-4-8-18/h2-14,24,26H,15-16H2,1H3. The zero-order valence-corrected chi connectivity index (χ0v) is 17.1. The fourth-order valence-electron chi connectivity index (χ4n) is 4.34. The van der Waals surface area contributed by atoms with Crippen LogP contribution in [0.2, 0.25) is 0 Å². The Morgan fingerprint density at radius 2 is 1.69 bits per heavy atom. The van der Waals surface area contributed by atoms with Gasteiger partial charge in [0, 0.05) is 33.6 Å². The fraction of sp³-hybridized carbons (Fsp3) is 0.160. The summed E-state index contributed by atoms with van der Waals surface area (Å²) in [4.78, 5) is 20.3. The molecular weight excluding hydrogens is 376 g/mol. The topological polar surface area (TPSA) is 36.1 Å². The summed E-state index contributed by atoms with van der Waals surface area (Å²) in [5.74, 6) is 0.0776. The van der Waals surface area contributed by atoms with Gasteiger partial charge in [0.25, 0.3) is 5.91 Å². The van der Waals surface area contributed by atoms with Gasteiger partial charge in [-0.1, -0.05) is 48.5 Å². The van der Waals surface area contributed by atoms with E-state index in [4.69, 9.17) is 0 Å². The lowest BCUT2D eigenvalue weighted by Gasteiger charge is -2.36. The molecule has 29 heavy (non-hydrogen) atoms. The summed E-state index contributed by atoms with van der Waals surface area (Å²) in [6, 6.07) is 26.5. The van der Waals surface area contributed by atoms with Gasteiger partial charge < -0.3 is 9.88 Å². The van der Waals surface area contributed by atoms with Crippen molar-refractivity contribution >= 4 is 28.6 Å². The number of rotatable bonds is 3. The zero-order valence-electron chi connectivity index (χ0n) is 16.3. The number of carbonyl (C=O) groups is 1. The van der Waals surface area contributed by atoms with E-state index in [1.165, 1.54) is 15.8 Å². The number of hydrogen-bond donors (Lipinski definition) is 1. The smallest absolute Gasteiger partial charge is 0.254 e. The summed E-state index contributed by atoms with van der Waals surface area (Å²) in [6.07, 6.45) is 2.94. The minimum Gasteiger partial charge on any atom is -0.356 e. The molecule has 144 valence electrons. The normalized spacial score (nSPS) is 16.0. The first-order chi connectivity index (χ1) is 14.3. The number of thioether (sulfide) groups is 1. The molecule has 5 rings (SSSR count). The molecule has 1 N–H and O–H groups in total. The molecule has 4 aromatic rings. The molecule has 3 aromatic carbocycles. The minimum atomic E-state index is -0.116. The van der Waals surface area contributed by atoms with E-state index in [0.717, 1.165) is 28.8 Å². The van der Waals surface area contributed by atoms with Crippen LogP contribution in [0.1, 0.15) is 33.2 Å². The molecule has 0 spiro atoms. The molecule has 1 atom stereocenters. The zero-order chi connectivity index (χ0) is 19.8. The molecule has 1 unspecified atom stereocenters. The van der Waals surface area contributed by atoms with Crippen molar-refractivity contribution in [1.82, 2.24) is 9.88 Å². The van der Waals surface area contributed by atoms with Gasteiger partial charge in [-0.05, 0) is 54.1 Å². The van der Waals surface area contributed by atoms with Crippen molar-refractivity contribution in [3.8, 4) is 0 Å². The van der Waals surface area contributed by atoms with Gasteiger partial charge >= 0.3 is 0 Å². The number of hydrogen-bond acceptors (Lipinski definition) is 2. The van der Waals surface area contributed by atoms with Crippen LogP contribution in [-0.4, -0.2) is 28.6 Å². The van der Waals surface area contributed by atoms with Crippen LogP contribution >= 0.6 is 11.8 Å². The van der Waals surface area contributed by atoms with Crippen LogP contribution in [0.5, 0.6) is 0 Å². The Labute approximate surface area is 174 Å². The third kappa shape index (κ3) is 3.14. The average molecular weight is 399 g/mol. The molecule has 0 aliphatic carbocycles. The van der Waals surface area contributed by atoms with Crippen molar-refractivity contribution in [3.63, 3.8) is 0 Å². The average Bonchev–Trinajstić information content (AvgIpc) is 3.17. The summed E-state index contributed by atoms with van der Waals surface area (Å²) in [6.45, 7) is 0.706. The molecule has 0 fully saturated rings. The second-order valence-electron chi connectivity index (χ2n) is 7.35. The van der Waals surface area contributed by atoms with Gasteiger partial charge in [0.2, 0.25) is 0 Å². The Morgan fingerprint density at radius 1 is 0.966 bits per heavy atom. The molecule has 3 nitrogen and oxygen atoms in total. The highest BCUT2D eigenvalue weighted by molar-refractivity contribution is 7.98. The third-order valence-electron chi connectivity index (χ3n) is 5.75. The summed E-state index contributed by atoms with van der Waals surface area (Å²) in [7, 11) is 0. The Morgan fingerprint density at radius 3 is 2.45 bits per heavy atom. The van der Waals surface area contributed by atoms with Gasteiger partial charge in [-0.15, -0.1) is 11.8 Å². The summed E-state index contributed by atoms with van der Waals surface area (Å²) < 4.78 is 0. The lowest BCUT2D eigenvalue weighted by Crippen LogP contribution is -2.40. The van der Waals surface area contributed by atoms with E-state index >= 15 is 0 Å². The molecule has 1 aliphatic heterocycles. The van der Waals surface area contributed by atoms with Crippen LogP contribution in [0.25, 0.3) is 10.9 Å². The predicted octanol–water partition coefficient (Wildman–Crippen LogP) is 5.68. The molecule has 0 saturated heterocycles. The molecule has 1 amide bonds. The Balaban J connectivity index is 1.65. The number of fused-ring (bicyclic) bond motifs is 3. The number of H-pyrrole nitrogens is 1. The van der Waals surface area contributed by atoms with Gasteiger partial charge in [0.05, 0.1) is 6.04 Å². The SMILES string of the molecule is CSc1ccc(C2c3[nH]c4ccccc4c3CCN2C(=O)c2ccccc2)cc1. The van der Waals surface area contributed by atoms with Crippen LogP contribution in [0, 0.1) is 0 Å². The first-order valence-corrected chi connectivity index (χ1v) is 11.1. The molecule has 4 heteroatoms. The van der Waals surface area contributed by atoms with E-state index < -0.39 is 0 Å². The maximum atomic E-state index is 13.4. The van der Waals surface area contributed by atoms with Crippen molar-refractivity contribution in [2.45, 2.75) is 17.4 Å². The lowest BCUT2D eigenvalue weighted by atomic mass is 9.91. The van der Waals surface area contributed by atoms with Crippen LogP contribution in [0.4, 0.5) is 0 Å². The van der Waals surface area contributed by atoms with Gasteiger partial charge in [0.15, 0.2) is 0 Å². The van der Waals surface area contributed by atoms with Gasteiger partial charge in [-0.2, -0.15) is 0 Å². The number of benzene rings is 3. The van der Waals surface area contributed by atoms with Crippen LogP contribution in [0.15, 0.2) is 83.8 Å². The van der Waals surface area contributed by atoms with Gasteiger partial charge in [-0.25, -0.2) is 0 Å². The van der Waals surface area contributed by atoms with Crippen LogP contribution in [0.3, 0.4) is 0 Å². The van der Waals surface area contributed by atoms with Crippen LogP contribution in [-0.2, 0) is 6.42 Å². The molecule has 1 aliphatic rings. The maximum Gasteiger partial charge on any atom is 0.254 e. The monoisotopic (exact) mass is 398 g/mol. The number of nitrogens with zero attached hydrogens (tertiary/aromatic N) is 1. The fourth-order valence-corrected chi connectivity index (χ4v) is 4.75. The van der Waals surface area contributed by atoms with E-state index in [1.807, 2.05) is 35.2 Å². The first-order valence-electron chi connectivity index (χ1n) is 9.85. The van der Waals surface area contributed by atoms with E-state index in [0.29, 0.717) is 6.54 Å². The second-order valence-corrected chi connectivity index (χ2v) is 8.23. The molecule has 1 aromatic heterocycles. The van der Waals surface area contributed by atoms with E-state index in [-0.39, 0.29) is 11.9 Å². The summed E-state index contributed by atoms with van der Waals surface area (Å²) >= 11 is 1.73. The minimum absolute atomic E-state index is 0.0776. The van der Waals surface area contributed by atoms with Gasteiger partial charge in [-0.3, -0.25) is 4.79 Å². The second kappa shape index (κ2) is 7.45. The van der Waals surface area contributed by atoms with Crippen molar-refractivity contribution in [2.24, 2.45) is 0 Å². The van der Waals surface area contributed by atoms with E-state index in [1.54, 1.807) is 11.8 Å². The molecular formula is C25H22N2OS. The van der Waals surface area contributed by atoms with E-state index in [2.05, 4.69) is 59.8 Å². The third-order valence-corrected chi connectivity index (χ3v) is 6.49. The largest absolute Gasteiger partial charge is 0.356 e. The Hall–Kier alpha value is -2.98. The number of nitrogens with one attached hydrogen (secondary N) is 1. The Bertz CT molecular complexity index is 1160. The molecule has 0 saturated carbocycles. The quantitative estimate of drug-likeness (QED) is 0.451. The van der Waals surface area contributed by atoms with E-state index in [9.17, 15) is 4.79 Å². The summed E-state index contributed by atoms with van der Waals surface area (Å²) in [5.41, 5.74) is 5.48. The van der Waals surface area contributed by atoms with Crippen LogP contribution < -0.4 is 0 Å². The highest BCUT2D eigenvalue weighted by atomic mass is 32.2. The van der Waals surface area contributed by atoms with Gasteiger partial charge in [0.1, 0.15) is 0 Å². The Kier molecular flexibility index (Phi) is 4.64. The molecule has 0 bridgehead atoms. The highest BCUT2D eigenvalue weighted by Crippen LogP contribution is 2.39. The predicted molar refractivity (Wildman–Crippen MR) is 120 cm³/mol. The number of carbonyl (C=O) groups excluding carboxylic acids is 1. The van der Waals surface area contributed by atoms with Crippen molar-refractivity contribution in [3.05, 3.63) is 101 Å². The number of aromatic nitrogens is 1. The van der Waals surface area contributed by atoms with Crippen molar-refractivity contribution in [2.75, 3.05) is 12.8 Å². The van der Waals surface area contributed by atoms with Crippen molar-refractivity contribution in [1.29, 1.82) is 0 Å².